The molecule has 0 unspecified atom stereocenters. The monoisotopic (exact) mass is 236 g/mol. The average Bonchev–Trinajstić information content (AvgIpc) is 2.51. The summed E-state index contributed by atoms with van der Waals surface area (Å²) in [4.78, 5) is 16.0. The van der Waals surface area contributed by atoms with Gasteiger partial charge in [-0.1, -0.05) is 12.1 Å². The Morgan fingerprint density at radius 1 is 0.556 bits per heavy atom. The van der Waals surface area contributed by atoms with Crippen molar-refractivity contribution in [2.45, 2.75) is 0 Å². The molecule has 0 fully saturated rings. The first-order valence-corrected chi connectivity index (χ1v) is 5.49. The molecule has 0 bridgehead atoms. The molecular weight excluding hydrogens is 224 g/mol. The number of hydrogen-bond acceptors (Lipinski definition) is 4. The van der Waals surface area contributed by atoms with Gasteiger partial charge in [-0.3, -0.25) is 19.9 Å². The van der Waals surface area contributed by atoms with Crippen molar-refractivity contribution in [3.05, 3.63) is 73.6 Å². The minimum Gasteiger partial charge on any atom is -0.265 e. The van der Waals surface area contributed by atoms with Crippen molar-refractivity contribution >= 4 is 0 Å². The van der Waals surface area contributed by atoms with Gasteiger partial charge in [-0.15, -0.1) is 0 Å². The lowest BCUT2D eigenvalue weighted by Gasteiger charge is -1.95. The lowest BCUT2D eigenvalue weighted by molar-refractivity contribution is 1.18. The number of pyridine rings is 2. The molecule has 0 amide bonds. The summed E-state index contributed by atoms with van der Waals surface area (Å²) < 4.78 is 0. The maximum Gasteiger partial charge on any atom is 0.107 e. The smallest absolute Gasteiger partial charge is 0.107 e. The third kappa shape index (κ3) is 3.75. The molecule has 3 aromatic rings. The van der Waals surface area contributed by atoms with E-state index in [0.29, 0.717) is 0 Å². The van der Waals surface area contributed by atoms with Gasteiger partial charge < -0.3 is 0 Å². The maximum atomic E-state index is 4.15. The van der Waals surface area contributed by atoms with Crippen LogP contribution in [0.4, 0.5) is 0 Å². The first-order valence-electron chi connectivity index (χ1n) is 5.49. The zero-order chi connectivity index (χ0) is 12.5. The highest BCUT2D eigenvalue weighted by atomic mass is 14.8. The topological polar surface area (TPSA) is 51.6 Å². The summed E-state index contributed by atoms with van der Waals surface area (Å²) in [6, 6.07) is 11.4. The van der Waals surface area contributed by atoms with Gasteiger partial charge in [0.05, 0.1) is 11.9 Å². The van der Waals surface area contributed by atoms with Gasteiger partial charge in [-0.25, -0.2) is 0 Å². The second kappa shape index (κ2) is 6.85. The Hall–Kier alpha value is -2.62. The predicted octanol–water partition coefficient (Wildman–Crippen LogP) is 2.62. The number of hydrogen-bond donors (Lipinski definition) is 0. The van der Waals surface area contributed by atoms with Crippen LogP contribution in [0.15, 0.2) is 73.6 Å². The predicted molar refractivity (Wildman–Crippen MR) is 69.5 cm³/mol. The Bertz CT molecular complexity index is 476. The van der Waals surface area contributed by atoms with Crippen LogP contribution in [0.3, 0.4) is 0 Å². The molecule has 0 aromatic carbocycles. The van der Waals surface area contributed by atoms with E-state index in [4.69, 9.17) is 0 Å². The van der Waals surface area contributed by atoms with E-state index >= 15 is 0 Å². The molecule has 0 spiro atoms. The molecule has 4 heteroatoms. The highest BCUT2D eigenvalue weighted by Crippen LogP contribution is 2.09. The third-order valence-corrected chi connectivity index (χ3v) is 2.06. The van der Waals surface area contributed by atoms with Crippen LogP contribution in [0.25, 0.3) is 11.4 Å². The second-order valence-electron chi connectivity index (χ2n) is 3.33. The van der Waals surface area contributed by atoms with Crippen LogP contribution in [0.2, 0.25) is 0 Å². The highest BCUT2D eigenvalue weighted by molar-refractivity contribution is 5.51. The first-order chi connectivity index (χ1) is 8.97. The van der Waals surface area contributed by atoms with Gasteiger partial charge in [0.2, 0.25) is 0 Å². The second-order valence-corrected chi connectivity index (χ2v) is 3.33. The molecule has 88 valence electrons. The van der Waals surface area contributed by atoms with Crippen LogP contribution in [-0.4, -0.2) is 19.9 Å². The van der Waals surface area contributed by atoms with E-state index in [9.17, 15) is 0 Å². The summed E-state index contributed by atoms with van der Waals surface area (Å²) in [5.41, 5.74) is 1.66. The maximum absolute atomic E-state index is 4.15. The molecule has 18 heavy (non-hydrogen) atoms. The summed E-state index contributed by atoms with van der Waals surface area (Å²) in [6.07, 6.45) is 10.2. The van der Waals surface area contributed by atoms with Crippen LogP contribution in [0.5, 0.6) is 0 Å². The van der Waals surface area contributed by atoms with Gasteiger partial charge >= 0.3 is 0 Å². The molecule has 0 saturated heterocycles. The van der Waals surface area contributed by atoms with Crippen molar-refractivity contribution in [3.8, 4) is 11.4 Å². The van der Waals surface area contributed by atoms with Gasteiger partial charge in [0.25, 0.3) is 0 Å². The normalized spacial score (nSPS) is 9.11. The van der Waals surface area contributed by atoms with E-state index in [0.717, 1.165) is 11.4 Å². The lowest BCUT2D eigenvalue weighted by atomic mass is 10.3. The summed E-state index contributed by atoms with van der Waals surface area (Å²) >= 11 is 0. The van der Waals surface area contributed by atoms with Crippen LogP contribution >= 0.6 is 0 Å². The fourth-order valence-electron chi connectivity index (χ4n) is 1.26. The quantitative estimate of drug-likeness (QED) is 0.651. The molecular formula is C14H12N4. The Balaban J connectivity index is 0.000000169. The molecule has 0 saturated carbocycles. The first kappa shape index (κ1) is 11.9. The molecule has 3 aromatic heterocycles. The third-order valence-electron chi connectivity index (χ3n) is 2.06. The van der Waals surface area contributed by atoms with E-state index in [2.05, 4.69) is 19.9 Å². The van der Waals surface area contributed by atoms with Gasteiger partial charge in [0.1, 0.15) is 5.69 Å². The average molecular weight is 236 g/mol. The van der Waals surface area contributed by atoms with Crippen LogP contribution in [0.1, 0.15) is 0 Å². The molecule has 0 atom stereocenters. The zero-order valence-corrected chi connectivity index (χ0v) is 9.72. The molecule has 0 aliphatic heterocycles. The van der Waals surface area contributed by atoms with Crippen molar-refractivity contribution in [1.29, 1.82) is 0 Å². The molecule has 0 aliphatic rings. The summed E-state index contributed by atoms with van der Waals surface area (Å²) in [5, 5.41) is 0. The fraction of sp³-hybridized carbons (Fsp3) is 0. The molecule has 3 rings (SSSR count). The highest BCUT2D eigenvalue weighted by Gasteiger charge is 1.96. The summed E-state index contributed by atoms with van der Waals surface area (Å²) in [5.74, 6) is 0. The van der Waals surface area contributed by atoms with E-state index in [-0.39, 0.29) is 0 Å². The minimum atomic E-state index is 0.804. The van der Waals surface area contributed by atoms with Crippen molar-refractivity contribution < 1.29 is 0 Å². The molecule has 0 aliphatic carbocycles. The molecule has 3 heterocycles. The van der Waals surface area contributed by atoms with E-state index < -0.39 is 0 Å². The Morgan fingerprint density at radius 3 is 1.83 bits per heavy atom. The van der Waals surface area contributed by atoms with Gasteiger partial charge in [-0.2, -0.15) is 0 Å². The van der Waals surface area contributed by atoms with E-state index in [1.54, 1.807) is 37.2 Å². The molecule has 0 N–H and O–H groups in total. The standard InChI is InChI=1S/C9H7N3.C5H5N/c1-2-4-11-8(3-1)9-7-10-5-6-12-9;1-2-4-6-5-3-1/h1-7H;1-5H. The van der Waals surface area contributed by atoms with Crippen molar-refractivity contribution in [2.75, 3.05) is 0 Å². The largest absolute Gasteiger partial charge is 0.265 e. The summed E-state index contributed by atoms with van der Waals surface area (Å²) in [7, 11) is 0. The van der Waals surface area contributed by atoms with Crippen LogP contribution in [-0.2, 0) is 0 Å². The van der Waals surface area contributed by atoms with E-state index in [1.165, 1.54) is 0 Å². The Morgan fingerprint density at radius 2 is 1.33 bits per heavy atom. The number of nitrogens with zero attached hydrogens (tertiary/aromatic N) is 4. The van der Waals surface area contributed by atoms with Gasteiger partial charge in [0, 0.05) is 31.0 Å². The molecule has 4 nitrogen and oxygen atoms in total. The van der Waals surface area contributed by atoms with Gasteiger partial charge in [0.15, 0.2) is 0 Å². The molecule has 0 radical (unpaired) electrons. The van der Waals surface area contributed by atoms with Crippen LogP contribution in [0, 0.1) is 0 Å². The SMILES string of the molecule is c1ccc(-c2cnccn2)nc1.c1ccncc1. The van der Waals surface area contributed by atoms with Crippen LogP contribution < -0.4 is 0 Å². The van der Waals surface area contributed by atoms with Crippen molar-refractivity contribution in [1.82, 2.24) is 19.9 Å². The number of aromatic nitrogens is 4. The Kier molecular flexibility index (Phi) is 4.51. The lowest BCUT2D eigenvalue weighted by Crippen LogP contribution is -1.85. The van der Waals surface area contributed by atoms with Crippen molar-refractivity contribution in [3.63, 3.8) is 0 Å². The fourth-order valence-corrected chi connectivity index (χ4v) is 1.26. The Labute approximate surface area is 105 Å². The number of rotatable bonds is 1. The van der Waals surface area contributed by atoms with Crippen molar-refractivity contribution in [2.24, 2.45) is 0 Å². The zero-order valence-electron chi connectivity index (χ0n) is 9.72. The van der Waals surface area contributed by atoms with Gasteiger partial charge in [-0.05, 0) is 24.3 Å². The minimum absolute atomic E-state index is 0.804. The summed E-state index contributed by atoms with van der Waals surface area (Å²) in [6.45, 7) is 0. The van der Waals surface area contributed by atoms with E-state index in [1.807, 2.05) is 36.4 Å².